The number of hydrogen-bond acceptors (Lipinski definition) is 3. The van der Waals surface area contributed by atoms with E-state index in [0.29, 0.717) is 19.8 Å². The smallest absolute Gasteiger partial charge is 0.364 e. The number of hydrogen-bond donors (Lipinski definition) is 1. The summed E-state index contributed by atoms with van der Waals surface area (Å²) in [6.45, 7) is 9.69. The molecule has 4 heteroatoms. The standard InChI is InChI=1S/C9H21NO2Si/c1-4-9-13(6-3,11-5-2)12-8-7-10/h6H,3-5,7-10H2,1-2H3. The first-order valence-corrected chi connectivity index (χ1v) is 6.96. The lowest BCUT2D eigenvalue weighted by Gasteiger charge is -2.26. The highest BCUT2D eigenvalue weighted by Gasteiger charge is 2.32. The summed E-state index contributed by atoms with van der Waals surface area (Å²) < 4.78 is 11.3. The van der Waals surface area contributed by atoms with Crippen LogP contribution in [0.5, 0.6) is 0 Å². The third-order valence-electron chi connectivity index (χ3n) is 1.76. The van der Waals surface area contributed by atoms with Crippen LogP contribution in [-0.4, -0.2) is 28.3 Å². The van der Waals surface area contributed by atoms with Crippen LogP contribution in [0.3, 0.4) is 0 Å². The molecule has 3 nitrogen and oxygen atoms in total. The van der Waals surface area contributed by atoms with Crippen molar-refractivity contribution in [2.45, 2.75) is 26.3 Å². The van der Waals surface area contributed by atoms with Crippen molar-refractivity contribution in [1.82, 2.24) is 0 Å². The minimum absolute atomic E-state index is 0.541. The Morgan fingerprint density at radius 1 is 1.38 bits per heavy atom. The van der Waals surface area contributed by atoms with Crippen LogP contribution >= 0.6 is 0 Å². The Morgan fingerprint density at radius 3 is 2.46 bits per heavy atom. The van der Waals surface area contributed by atoms with Gasteiger partial charge in [0, 0.05) is 19.8 Å². The maximum Gasteiger partial charge on any atom is 0.364 e. The minimum atomic E-state index is -2.11. The molecule has 78 valence electrons. The molecule has 1 atom stereocenters. The molecule has 0 radical (unpaired) electrons. The van der Waals surface area contributed by atoms with Gasteiger partial charge in [0.2, 0.25) is 0 Å². The maximum absolute atomic E-state index is 5.68. The first kappa shape index (κ1) is 12.8. The van der Waals surface area contributed by atoms with Gasteiger partial charge in [-0.15, -0.1) is 6.58 Å². The molecular weight excluding hydrogens is 182 g/mol. The highest BCUT2D eigenvalue weighted by atomic mass is 28.4. The zero-order chi connectivity index (χ0) is 10.2. The van der Waals surface area contributed by atoms with Crippen LogP contribution < -0.4 is 5.73 Å². The van der Waals surface area contributed by atoms with Crippen LogP contribution in [0.2, 0.25) is 6.04 Å². The SMILES string of the molecule is C=C[Si](CCC)(OCC)OCCN. The van der Waals surface area contributed by atoms with Crippen molar-refractivity contribution in [3.8, 4) is 0 Å². The first-order valence-electron chi connectivity index (χ1n) is 4.86. The van der Waals surface area contributed by atoms with Crippen molar-refractivity contribution in [3.05, 3.63) is 12.3 Å². The second kappa shape index (κ2) is 7.26. The molecule has 0 aliphatic rings. The molecule has 0 amide bonds. The van der Waals surface area contributed by atoms with Crippen LogP contribution in [-0.2, 0) is 8.85 Å². The quantitative estimate of drug-likeness (QED) is 0.609. The number of nitrogens with two attached hydrogens (primary N) is 1. The van der Waals surface area contributed by atoms with Gasteiger partial charge in [-0.3, -0.25) is 0 Å². The Balaban J connectivity index is 4.16. The Kier molecular flexibility index (Phi) is 7.17. The van der Waals surface area contributed by atoms with Crippen LogP contribution in [0.4, 0.5) is 0 Å². The predicted octanol–water partition coefficient (Wildman–Crippen LogP) is 1.58. The second-order valence-corrected chi connectivity index (χ2v) is 5.95. The molecule has 0 saturated carbocycles. The highest BCUT2D eigenvalue weighted by Crippen LogP contribution is 2.16. The van der Waals surface area contributed by atoms with Gasteiger partial charge in [0.05, 0.1) is 0 Å². The summed E-state index contributed by atoms with van der Waals surface area (Å²) >= 11 is 0. The molecule has 0 saturated heterocycles. The molecule has 2 N–H and O–H groups in total. The van der Waals surface area contributed by atoms with Crippen LogP contribution in [0, 0.1) is 0 Å². The fourth-order valence-electron chi connectivity index (χ4n) is 1.23. The fraction of sp³-hybridized carbons (Fsp3) is 0.778. The lowest BCUT2D eigenvalue weighted by atomic mass is 10.6. The van der Waals surface area contributed by atoms with E-state index in [9.17, 15) is 0 Å². The molecular formula is C9H21NO2Si. The summed E-state index contributed by atoms with van der Waals surface area (Å²) in [6.07, 6.45) is 1.06. The van der Waals surface area contributed by atoms with E-state index in [0.717, 1.165) is 12.5 Å². The Bertz CT molecular complexity index is 136. The first-order chi connectivity index (χ1) is 6.24. The highest BCUT2D eigenvalue weighted by molar-refractivity contribution is 6.72. The van der Waals surface area contributed by atoms with Gasteiger partial charge in [0.25, 0.3) is 0 Å². The summed E-state index contributed by atoms with van der Waals surface area (Å²) in [6, 6.07) is 0.963. The molecule has 0 aromatic carbocycles. The van der Waals surface area contributed by atoms with E-state index in [1.54, 1.807) is 0 Å². The van der Waals surface area contributed by atoms with E-state index in [1.807, 2.05) is 12.6 Å². The number of rotatable bonds is 8. The molecule has 0 aromatic rings. The van der Waals surface area contributed by atoms with E-state index >= 15 is 0 Å². The van der Waals surface area contributed by atoms with Crippen molar-refractivity contribution in [2.75, 3.05) is 19.8 Å². The summed E-state index contributed by atoms with van der Waals surface area (Å²) in [7, 11) is -2.11. The average molecular weight is 203 g/mol. The zero-order valence-electron chi connectivity index (χ0n) is 8.71. The van der Waals surface area contributed by atoms with Crippen molar-refractivity contribution in [2.24, 2.45) is 5.73 Å². The van der Waals surface area contributed by atoms with Gasteiger partial charge in [-0.05, 0) is 18.7 Å². The van der Waals surface area contributed by atoms with Crippen LogP contribution in [0.25, 0.3) is 0 Å². The zero-order valence-corrected chi connectivity index (χ0v) is 9.71. The van der Waals surface area contributed by atoms with Crippen molar-refractivity contribution >= 4 is 8.56 Å². The molecule has 0 aliphatic carbocycles. The molecule has 0 rings (SSSR count). The van der Waals surface area contributed by atoms with E-state index < -0.39 is 8.56 Å². The van der Waals surface area contributed by atoms with E-state index in [2.05, 4.69) is 13.5 Å². The molecule has 0 spiro atoms. The molecule has 0 heterocycles. The topological polar surface area (TPSA) is 44.5 Å². The lowest BCUT2D eigenvalue weighted by molar-refractivity contribution is 0.190. The van der Waals surface area contributed by atoms with Gasteiger partial charge >= 0.3 is 8.56 Å². The molecule has 0 aromatic heterocycles. The van der Waals surface area contributed by atoms with Gasteiger partial charge in [0.1, 0.15) is 0 Å². The van der Waals surface area contributed by atoms with E-state index in [-0.39, 0.29) is 0 Å². The molecule has 0 aliphatic heterocycles. The van der Waals surface area contributed by atoms with Crippen LogP contribution in [0.15, 0.2) is 12.3 Å². The van der Waals surface area contributed by atoms with Gasteiger partial charge in [-0.2, -0.15) is 0 Å². The molecule has 13 heavy (non-hydrogen) atoms. The van der Waals surface area contributed by atoms with Gasteiger partial charge in [0.15, 0.2) is 0 Å². The normalized spacial score (nSPS) is 15.3. The van der Waals surface area contributed by atoms with E-state index in [4.69, 9.17) is 14.6 Å². The van der Waals surface area contributed by atoms with E-state index in [1.165, 1.54) is 0 Å². The van der Waals surface area contributed by atoms with Gasteiger partial charge in [-0.1, -0.05) is 13.3 Å². The fourth-order valence-corrected chi connectivity index (χ4v) is 3.69. The third-order valence-corrected chi connectivity index (χ3v) is 5.05. The van der Waals surface area contributed by atoms with Crippen molar-refractivity contribution in [3.63, 3.8) is 0 Å². The summed E-state index contributed by atoms with van der Waals surface area (Å²) in [5.41, 5.74) is 7.25. The van der Waals surface area contributed by atoms with Crippen LogP contribution in [0.1, 0.15) is 20.3 Å². The maximum atomic E-state index is 5.68. The van der Waals surface area contributed by atoms with Gasteiger partial charge in [-0.25, -0.2) is 0 Å². The Morgan fingerprint density at radius 2 is 2.08 bits per heavy atom. The predicted molar refractivity (Wildman–Crippen MR) is 57.7 cm³/mol. The third kappa shape index (κ3) is 4.57. The summed E-state index contributed by atoms with van der Waals surface area (Å²) in [4.78, 5) is 0. The summed E-state index contributed by atoms with van der Waals surface area (Å²) in [5, 5.41) is 0. The Hall–Kier alpha value is -0.163. The van der Waals surface area contributed by atoms with Crippen molar-refractivity contribution < 1.29 is 8.85 Å². The minimum Gasteiger partial charge on any atom is -0.392 e. The Labute approximate surface area is 82.2 Å². The molecule has 0 fully saturated rings. The largest absolute Gasteiger partial charge is 0.392 e. The average Bonchev–Trinajstić information content (AvgIpc) is 2.15. The molecule has 1 unspecified atom stereocenters. The van der Waals surface area contributed by atoms with Crippen molar-refractivity contribution in [1.29, 1.82) is 0 Å². The molecule has 0 bridgehead atoms. The monoisotopic (exact) mass is 203 g/mol. The lowest BCUT2D eigenvalue weighted by Crippen LogP contribution is -2.41. The second-order valence-electron chi connectivity index (χ2n) is 2.84. The summed E-state index contributed by atoms with van der Waals surface area (Å²) in [5.74, 6) is 0. The van der Waals surface area contributed by atoms with Gasteiger partial charge < -0.3 is 14.6 Å².